The van der Waals surface area contributed by atoms with Crippen LogP contribution in [-0.2, 0) is 4.79 Å². The second-order valence-corrected chi connectivity index (χ2v) is 7.99. The second-order valence-electron chi connectivity index (χ2n) is 7.99. The normalized spacial score (nSPS) is 24.5. The van der Waals surface area contributed by atoms with Crippen molar-refractivity contribution in [2.24, 2.45) is 0 Å². The summed E-state index contributed by atoms with van der Waals surface area (Å²) in [5.74, 6) is 0.137. The van der Waals surface area contributed by atoms with Gasteiger partial charge in [-0.1, -0.05) is 42.8 Å². The Labute approximate surface area is 156 Å². The molecular formula is C22H31N3O+2. The lowest BCUT2D eigenvalue weighted by Crippen LogP contribution is -3.30. The molecule has 2 aliphatic rings. The third kappa shape index (κ3) is 4.08. The van der Waals surface area contributed by atoms with Gasteiger partial charge in [-0.25, -0.2) is 0 Å². The molecule has 1 aliphatic carbocycles. The van der Waals surface area contributed by atoms with Gasteiger partial charge in [-0.05, 0) is 37.1 Å². The fourth-order valence-electron chi connectivity index (χ4n) is 4.78. The number of amides is 1. The lowest BCUT2D eigenvalue weighted by atomic mass is 9.94. The lowest BCUT2D eigenvalue weighted by Gasteiger charge is -2.36. The number of rotatable bonds is 4. The van der Waals surface area contributed by atoms with E-state index >= 15 is 0 Å². The number of carbonyl (C=O) groups is 1. The number of quaternary nitrogens is 2. The van der Waals surface area contributed by atoms with Crippen LogP contribution in [0.5, 0.6) is 0 Å². The molecule has 138 valence electrons. The van der Waals surface area contributed by atoms with Crippen LogP contribution >= 0.6 is 0 Å². The van der Waals surface area contributed by atoms with Gasteiger partial charge in [0.25, 0.3) is 5.91 Å². The Balaban J connectivity index is 1.30. The summed E-state index contributed by atoms with van der Waals surface area (Å²) >= 11 is 0. The molecule has 0 radical (unpaired) electrons. The van der Waals surface area contributed by atoms with Crippen molar-refractivity contribution in [3.05, 3.63) is 42.5 Å². The van der Waals surface area contributed by atoms with Crippen LogP contribution in [0.1, 0.15) is 32.1 Å². The second kappa shape index (κ2) is 8.19. The third-order valence-electron chi connectivity index (χ3n) is 6.26. The fourth-order valence-corrected chi connectivity index (χ4v) is 4.78. The number of carbonyl (C=O) groups excluding carboxylic acids is 1. The van der Waals surface area contributed by atoms with Gasteiger partial charge in [-0.15, -0.1) is 0 Å². The summed E-state index contributed by atoms with van der Waals surface area (Å²) in [4.78, 5) is 15.8. The van der Waals surface area contributed by atoms with E-state index in [2.05, 4.69) is 23.5 Å². The highest BCUT2D eigenvalue weighted by atomic mass is 16.2. The minimum atomic E-state index is 0.137. The Morgan fingerprint density at radius 3 is 2.46 bits per heavy atom. The van der Waals surface area contributed by atoms with Crippen LogP contribution in [0.25, 0.3) is 10.8 Å². The monoisotopic (exact) mass is 353 g/mol. The Hall–Kier alpha value is -1.91. The molecule has 0 atom stereocenters. The highest BCUT2D eigenvalue weighted by molar-refractivity contribution is 6.02. The molecule has 26 heavy (non-hydrogen) atoms. The summed E-state index contributed by atoms with van der Waals surface area (Å²) in [7, 11) is 0. The summed E-state index contributed by atoms with van der Waals surface area (Å²) in [6.45, 7) is 5.27. The predicted molar refractivity (Wildman–Crippen MR) is 106 cm³/mol. The van der Waals surface area contributed by atoms with Gasteiger partial charge in [0.15, 0.2) is 6.54 Å². The maximum absolute atomic E-state index is 12.6. The first kappa shape index (κ1) is 17.5. The molecule has 0 bridgehead atoms. The zero-order valence-corrected chi connectivity index (χ0v) is 15.6. The van der Waals surface area contributed by atoms with E-state index in [9.17, 15) is 4.79 Å². The molecule has 1 aliphatic heterocycles. The average molecular weight is 354 g/mol. The SMILES string of the molecule is O=C(C[NH+]1CC[NH+](C2CCCCC2)CC1)Nc1cccc2ccccc12. The molecule has 1 saturated carbocycles. The Morgan fingerprint density at radius 1 is 0.923 bits per heavy atom. The maximum atomic E-state index is 12.6. The van der Waals surface area contributed by atoms with Gasteiger partial charge in [0.1, 0.15) is 26.2 Å². The minimum Gasteiger partial charge on any atom is -0.323 e. The van der Waals surface area contributed by atoms with Gasteiger partial charge >= 0.3 is 0 Å². The first-order valence-electron chi connectivity index (χ1n) is 10.3. The van der Waals surface area contributed by atoms with E-state index in [0.717, 1.165) is 30.2 Å². The Bertz CT molecular complexity index is 741. The molecule has 0 spiro atoms. The average Bonchev–Trinajstić information content (AvgIpc) is 2.69. The molecule has 2 aromatic rings. The zero-order valence-electron chi connectivity index (χ0n) is 15.6. The molecule has 0 aromatic heterocycles. The van der Waals surface area contributed by atoms with Gasteiger partial charge in [-0.3, -0.25) is 4.79 Å². The van der Waals surface area contributed by atoms with E-state index in [0.29, 0.717) is 6.54 Å². The van der Waals surface area contributed by atoms with Crippen LogP contribution in [0.4, 0.5) is 5.69 Å². The molecule has 4 heteroatoms. The van der Waals surface area contributed by atoms with E-state index < -0.39 is 0 Å². The first-order chi connectivity index (χ1) is 12.8. The van der Waals surface area contributed by atoms with Gasteiger partial charge in [0, 0.05) is 11.1 Å². The van der Waals surface area contributed by atoms with Crippen LogP contribution in [0.15, 0.2) is 42.5 Å². The number of hydrogen-bond donors (Lipinski definition) is 3. The van der Waals surface area contributed by atoms with Gasteiger partial charge in [-0.2, -0.15) is 0 Å². The van der Waals surface area contributed by atoms with E-state index in [4.69, 9.17) is 0 Å². The van der Waals surface area contributed by atoms with Crippen molar-refractivity contribution in [3.63, 3.8) is 0 Å². The Kier molecular flexibility index (Phi) is 5.51. The van der Waals surface area contributed by atoms with Crippen LogP contribution in [0.3, 0.4) is 0 Å². The van der Waals surface area contributed by atoms with E-state index in [1.54, 1.807) is 4.90 Å². The van der Waals surface area contributed by atoms with E-state index in [-0.39, 0.29) is 5.91 Å². The summed E-state index contributed by atoms with van der Waals surface area (Å²) in [6, 6.07) is 15.2. The molecule has 4 nitrogen and oxygen atoms in total. The van der Waals surface area contributed by atoms with Crippen molar-refractivity contribution < 1.29 is 14.6 Å². The third-order valence-corrected chi connectivity index (χ3v) is 6.26. The number of fused-ring (bicyclic) bond motifs is 1. The highest BCUT2D eigenvalue weighted by Gasteiger charge is 2.31. The van der Waals surface area contributed by atoms with Gasteiger partial charge in [0.2, 0.25) is 0 Å². The van der Waals surface area contributed by atoms with Crippen LogP contribution in [0.2, 0.25) is 0 Å². The smallest absolute Gasteiger partial charge is 0.279 e. The van der Waals surface area contributed by atoms with Crippen LogP contribution in [-0.4, -0.2) is 44.7 Å². The molecule has 0 unspecified atom stereocenters. The first-order valence-corrected chi connectivity index (χ1v) is 10.3. The van der Waals surface area contributed by atoms with Crippen molar-refractivity contribution in [3.8, 4) is 0 Å². The van der Waals surface area contributed by atoms with Crippen molar-refractivity contribution in [2.45, 2.75) is 38.1 Å². The van der Waals surface area contributed by atoms with Gasteiger partial charge in [0.05, 0.1) is 6.04 Å². The van der Waals surface area contributed by atoms with Crippen LogP contribution < -0.4 is 15.1 Å². The number of benzene rings is 2. The standard InChI is InChI=1S/C22H29N3O/c26-22(23-21-12-6-8-18-7-4-5-11-20(18)21)17-24-13-15-25(16-14-24)19-9-2-1-3-10-19/h4-8,11-12,19H,1-3,9-10,13-17H2,(H,23,26)/p+2. The van der Waals surface area contributed by atoms with Crippen molar-refractivity contribution in [1.29, 1.82) is 0 Å². The number of nitrogens with one attached hydrogen (secondary N) is 3. The van der Waals surface area contributed by atoms with Crippen molar-refractivity contribution in [2.75, 3.05) is 38.0 Å². The molecule has 2 fully saturated rings. The highest BCUT2D eigenvalue weighted by Crippen LogP contribution is 2.22. The topological polar surface area (TPSA) is 38.0 Å². The molecule has 4 rings (SSSR count). The molecule has 1 heterocycles. The van der Waals surface area contributed by atoms with Crippen molar-refractivity contribution in [1.82, 2.24) is 0 Å². The van der Waals surface area contributed by atoms with E-state index in [1.807, 2.05) is 24.3 Å². The molecule has 1 saturated heterocycles. The van der Waals surface area contributed by atoms with Crippen molar-refractivity contribution >= 4 is 22.4 Å². The Morgan fingerprint density at radius 2 is 1.65 bits per heavy atom. The predicted octanol–water partition coefficient (Wildman–Crippen LogP) is 0.894. The van der Waals surface area contributed by atoms with Gasteiger partial charge < -0.3 is 15.1 Å². The summed E-state index contributed by atoms with van der Waals surface area (Å²) in [6.07, 6.45) is 7.07. The molecule has 2 aromatic carbocycles. The van der Waals surface area contributed by atoms with Crippen LogP contribution in [0, 0.1) is 0 Å². The lowest BCUT2D eigenvalue weighted by molar-refractivity contribution is -1.02. The number of piperazine rings is 1. The number of hydrogen-bond acceptors (Lipinski definition) is 1. The molecular weight excluding hydrogens is 322 g/mol. The maximum Gasteiger partial charge on any atom is 0.279 e. The summed E-state index contributed by atoms with van der Waals surface area (Å²) in [5, 5.41) is 5.42. The number of anilines is 1. The largest absolute Gasteiger partial charge is 0.323 e. The quantitative estimate of drug-likeness (QED) is 0.751. The summed E-state index contributed by atoms with van der Waals surface area (Å²) in [5.41, 5.74) is 0.930. The molecule has 1 amide bonds. The fraction of sp³-hybridized carbons (Fsp3) is 0.500. The molecule has 3 N–H and O–H groups in total. The zero-order chi connectivity index (χ0) is 17.8. The van der Waals surface area contributed by atoms with E-state index in [1.165, 1.54) is 55.5 Å². The summed E-state index contributed by atoms with van der Waals surface area (Å²) < 4.78 is 0. The minimum absolute atomic E-state index is 0.137.